The molecule has 0 spiro atoms. The van der Waals surface area contributed by atoms with Gasteiger partial charge in [-0.15, -0.1) is 0 Å². The van der Waals surface area contributed by atoms with E-state index in [2.05, 4.69) is 5.32 Å². The van der Waals surface area contributed by atoms with Gasteiger partial charge in [0.15, 0.2) is 0 Å². The molecule has 1 aromatic rings. The Morgan fingerprint density at radius 3 is 2.62 bits per heavy atom. The maximum Gasteiger partial charge on any atom is 0.231 e. The summed E-state index contributed by atoms with van der Waals surface area (Å²) in [7, 11) is 0. The number of nitrogens with one attached hydrogen (secondary N) is 1. The molecule has 4 heteroatoms. The molecule has 0 radical (unpaired) electrons. The Bertz CT molecular complexity index is 402. The molecule has 16 heavy (non-hydrogen) atoms. The number of hydrogen-bond donors (Lipinski definition) is 2. The van der Waals surface area contributed by atoms with E-state index < -0.39 is 5.41 Å². The number of rotatable bonds is 3. The number of hydrogen-bond acceptors (Lipinski definition) is 2. The van der Waals surface area contributed by atoms with Gasteiger partial charge >= 0.3 is 0 Å². The molecule has 1 rings (SSSR count). The average molecular weight is 241 g/mol. The Hall–Kier alpha value is -1.06. The van der Waals surface area contributed by atoms with E-state index in [1.807, 2.05) is 19.1 Å². The predicted molar refractivity (Wildman–Crippen MR) is 67.7 cm³/mol. The fourth-order valence-electron chi connectivity index (χ4n) is 1.06. The zero-order valence-electron chi connectivity index (χ0n) is 9.80. The summed E-state index contributed by atoms with van der Waals surface area (Å²) in [6.45, 7) is 5.83. The summed E-state index contributed by atoms with van der Waals surface area (Å²) < 4.78 is 0. The van der Waals surface area contributed by atoms with Gasteiger partial charge in [-0.25, -0.2) is 0 Å². The van der Waals surface area contributed by atoms with Crippen LogP contribution in [0.25, 0.3) is 0 Å². The lowest BCUT2D eigenvalue weighted by molar-refractivity contribution is -0.123. The van der Waals surface area contributed by atoms with Crippen LogP contribution in [0, 0.1) is 12.3 Å². The molecule has 0 saturated heterocycles. The largest absolute Gasteiger partial charge is 0.329 e. The number of aryl methyl sites for hydroxylation is 1. The summed E-state index contributed by atoms with van der Waals surface area (Å²) in [5, 5.41) is 3.44. The number of benzene rings is 1. The van der Waals surface area contributed by atoms with Crippen LogP contribution >= 0.6 is 11.6 Å². The van der Waals surface area contributed by atoms with Gasteiger partial charge in [0.1, 0.15) is 0 Å². The Morgan fingerprint density at radius 1 is 1.50 bits per heavy atom. The van der Waals surface area contributed by atoms with Crippen molar-refractivity contribution in [2.75, 3.05) is 11.9 Å². The van der Waals surface area contributed by atoms with Gasteiger partial charge in [-0.1, -0.05) is 17.7 Å². The lowest BCUT2D eigenvalue weighted by Gasteiger charge is -2.21. The van der Waals surface area contributed by atoms with Crippen molar-refractivity contribution in [1.29, 1.82) is 0 Å². The molecule has 0 aliphatic rings. The highest BCUT2D eigenvalue weighted by Gasteiger charge is 2.25. The molecular formula is C12H17ClN2O. The van der Waals surface area contributed by atoms with Crippen molar-refractivity contribution in [3.63, 3.8) is 0 Å². The summed E-state index contributed by atoms with van der Waals surface area (Å²) >= 11 is 5.97. The monoisotopic (exact) mass is 240 g/mol. The lowest BCUT2D eigenvalue weighted by atomic mass is 9.92. The molecule has 0 bridgehead atoms. The minimum Gasteiger partial charge on any atom is -0.329 e. The van der Waals surface area contributed by atoms with Gasteiger partial charge in [0.2, 0.25) is 5.91 Å². The van der Waals surface area contributed by atoms with Crippen molar-refractivity contribution >= 4 is 23.2 Å². The summed E-state index contributed by atoms with van der Waals surface area (Å²) in [5.41, 5.74) is 6.64. The lowest BCUT2D eigenvalue weighted by Crippen LogP contribution is -2.37. The van der Waals surface area contributed by atoms with Crippen molar-refractivity contribution in [3.8, 4) is 0 Å². The van der Waals surface area contributed by atoms with Gasteiger partial charge in [0.25, 0.3) is 0 Å². The highest BCUT2D eigenvalue weighted by atomic mass is 35.5. The molecule has 0 aliphatic heterocycles. The van der Waals surface area contributed by atoms with Crippen LogP contribution in [-0.4, -0.2) is 12.5 Å². The topological polar surface area (TPSA) is 55.1 Å². The molecule has 0 heterocycles. The molecular weight excluding hydrogens is 224 g/mol. The summed E-state index contributed by atoms with van der Waals surface area (Å²) in [6, 6.07) is 5.43. The first-order valence-corrected chi connectivity index (χ1v) is 5.52. The van der Waals surface area contributed by atoms with Gasteiger partial charge in [-0.05, 0) is 38.5 Å². The van der Waals surface area contributed by atoms with Crippen LogP contribution in [0.1, 0.15) is 19.4 Å². The minimum atomic E-state index is -0.572. The van der Waals surface area contributed by atoms with Crippen molar-refractivity contribution in [2.24, 2.45) is 11.1 Å². The van der Waals surface area contributed by atoms with Crippen LogP contribution in [0.3, 0.4) is 0 Å². The van der Waals surface area contributed by atoms with Crippen LogP contribution < -0.4 is 11.1 Å². The maximum atomic E-state index is 11.8. The summed E-state index contributed by atoms with van der Waals surface area (Å²) in [5.74, 6) is -0.102. The normalized spacial score (nSPS) is 11.3. The van der Waals surface area contributed by atoms with E-state index in [9.17, 15) is 4.79 Å². The first-order chi connectivity index (χ1) is 7.36. The van der Waals surface area contributed by atoms with E-state index in [0.29, 0.717) is 17.3 Å². The van der Waals surface area contributed by atoms with Gasteiger partial charge in [0.05, 0.1) is 5.41 Å². The van der Waals surface area contributed by atoms with Crippen molar-refractivity contribution < 1.29 is 4.79 Å². The van der Waals surface area contributed by atoms with E-state index in [0.717, 1.165) is 5.56 Å². The number of carbonyl (C=O) groups excluding carboxylic acids is 1. The molecule has 0 fully saturated rings. The molecule has 0 unspecified atom stereocenters. The second kappa shape index (κ2) is 4.85. The van der Waals surface area contributed by atoms with E-state index in [1.165, 1.54) is 0 Å². The second-order valence-electron chi connectivity index (χ2n) is 4.51. The molecule has 3 nitrogen and oxygen atoms in total. The van der Waals surface area contributed by atoms with Gasteiger partial charge in [-0.3, -0.25) is 4.79 Å². The zero-order valence-corrected chi connectivity index (χ0v) is 10.6. The predicted octanol–water partition coefficient (Wildman–Crippen LogP) is 2.57. The highest BCUT2D eigenvalue weighted by molar-refractivity contribution is 6.31. The first-order valence-electron chi connectivity index (χ1n) is 5.14. The smallest absolute Gasteiger partial charge is 0.231 e. The van der Waals surface area contributed by atoms with E-state index in [4.69, 9.17) is 17.3 Å². The van der Waals surface area contributed by atoms with Crippen LogP contribution in [0.15, 0.2) is 18.2 Å². The molecule has 0 saturated carbocycles. The van der Waals surface area contributed by atoms with Crippen LogP contribution in [0.5, 0.6) is 0 Å². The van der Waals surface area contributed by atoms with Crippen LogP contribution in [0.2, 0.25) is 5.02 Å². The van der Waals surface area contributed by atoms with Gasteiger partial charge in [-0.2, -0.15) is 0 Å². The third kappa shape index (κ3) is 2.97. The Kier molecular flexibility index (Phi) is 3.94. The van der Waals surface area contributed by atoms with E-state index in [-0.39, 0.29) is 5.91 Å². The molecule has 88 valence electrons. The van der Waals surface area contributed by atoms with Crippen molar-refractivity contribution in [3.05, 3.63) is 28.8 Å². The van der Waals surface area contributed by atoms with Crippen LogP contribution in [0.4, 0.5) is 5.69 Å². The summed E-state index contributed by atoms with van der Waals surface area (Å²) in [4.78, 5) is 11.8. The SMILES string of the molecule is Cc1ccc(NC(=O)C(C)(C)CN)cc1Cl. The Morgan fingerprint density at radius 2 is 2.12 bits per heavy atom. The Balaban J connectivity index is 2.82. The number of anilines is 1. The van der Waals surface area contributed by atoms with E-state index >= 15 is 0 Å². The highest BCUT2D eigenvalue weighted by Crippen LogP contribution is 2.22. The Labute approximate surface area is 101 Å². The standard InChI is InChI=1S/C12H17ClN2O/c1-8-4-5-9(6-10(8)13)15-11(16)12(2,3)7-14/h4-6H,7,14H2,1-3H3,(H,15,16). The van der Waals surface area contributed by atoms with Crippen molar-refractivity contribution in [2.45, 2.75) is 20.8 Å². The van der Waals surface area contributed by atoms with Gasteiger partial charge < -0.3 is 11.1 Å². The molecule has 0 atom stereocenters. The molecule has 3 N–H and O–H groups in total. The first kappa shape index (κ1) is 13.0. The quantitative estimate of drug-likeness (QED) is 0.853. The molecule has 1 aromatic carbocycles. The van der Waals surface area contributed by atoms with Gasteiger partial charge in [0, 0.05) is 17.3 Å². The average Bonchev–Trinajstić information content (AvgIpc) is 2.23. The number of amides is 1. The zero-order chi connectivity index (χ0) is 12.3. The molecule has 1 amide bonds. The summed E-state index contributed by atoms with van der Waals surface area (Å²) in [6.07, 6.45) is 0. The number of halogens is 1. The minimum absolute atomic E-state index is 0.102. The van der Waals surface area contributed by atoms with E-state index in [1.54, 1.807) is 19.9 Å². The fourth-order valence-corrected chi connectivity index (χ4v) is 1.24. The molecule has 0 aromatic heterocycles. The maximum absolute atomic E-state index is 11.8. The molecule has 0 aliphatic carbocycles. The fraction of sp³-hybridized carbons (Fsp3) is 0.417. The van der Waals surface area contributed by atoms with Crippen molar-refractivity contribution in [1.82, 2.24) is 0 Å². The second-order valence-corrected chi connectivity index (χ2v) is 4.91. The number of carbonyl (C=O) groups is 1. The third-order valence-electron chi connectivity index (χ3n) is 2.55. The van der Waals surface area contributed by atoms with Crippen LogP contribution in [-0.2, 0) is 4.79 Å². The number of nitrogens with two attached hydrogens (primary N) is 1. The third-order valence-corrected chi connectivity index (χ3v) is 2.96.